The highest BCUT2D eigenvalue weighted by atomic mass is 16.3. The van der Waals surface area contributed by atoms with Gasteiger partial charge in [0.1, 0.15) is 5.69 Å². The van der Waals surface area contributed by atoms with E-state index in [2.05, 4.69) is 9.97 Å². The van der Waals surface area contributed by atoms with Crippen molar-refractivity contribution < 1.29 is 5.11 Å². The number of aromatic nitrogens is 3. The Hall–Kier alpha value is -1.46. The maximum Gasteiger partial charge on any atom is 0.160 e. The van der Waals surface area contributed by atoms with Crippen LogP contribution >= 0.6 is 0 Å². The number of imidazole rings is 1. The van der Waals surface area contributed by atoms with Crippen LogP contribution in [0.5, 0.6) is 0 Å². The van der Waals surface area contributed by atoms with E-state index in [0.29, 0.717) is 11.3 Å². The van der Waals surface area contributed by atoms with Gasteiger partial charge in [-0.15, -0.1) is 0 Å². The van der Waals surface area contributed by atoms with Crippen molar-refractivity contribution in [3.63, 3.8) is 0 Å². The van der Waals surface area contributed by atoms with Crippen molar-refractivity contribution in [3.8, 4) is 0 Å². The van der Waals surface area contributed by atoms with Gasteiger partial charge in [-0.1, -0.05) is 0 Å². The number of aliphatic hydroxyl groups excluding tert-OH is 1. The molecule has 0 bridgehead atoms. The predicted molar refractivity (Wildman–Crippen MR) is 47.0 cm³/mol. The van der Waals surface area contributed by atoms with Crippen molar-refractivity contribution in [1.29, 1.82) is 0 Å². The van der Waals surface area contributed by atoms with Gasteiger partial charge in [0.15, 0.2) is 5.65 Å². The molecule has 0 aliphatic carbocycles. The molecule has 0 amide bonds. The Morgan fingerprint density at radius 3 is 2.77 bits per heavy atom. The van der Waals surface area contributed by atoms with Crippen molar-refractivity contribution in [2.45, 2.75) is 6.04 Å². The highest BCUT2D eigenvalue weighted by Gasteiger charge is 2.10. The highest BCUT2D eigenvalue weighted by molar-refractivity contribution is 5.44. The van der Waals surface area contributed by atoms with Crippen molar-refractivity contribution in [2.75, 3.05) is 6.61 Å². The molecule has 0 aromatic carbocycles. The van der Waals surface area contributed by atoms with Crippen LogP contribution in [0.3, 0.4) is 0 Å². The zero-order valence-electron chi connectivity index (χ0n) is 6.96. The maximum atomic E-state index is 8.88. The molecule has 0 saturated carbocycles. The summed E-state index contributed by atoms with van der Waals surface area (Å²) < 4.78 is 1.82. The summed E-state index contributed by atoms with van der Waals surface area (Å²) in [5, 5.41) is 8.88. The van der Waals surface area contributed by atoms with Crippen molar-refractivity contribution >= 4 is 5.65 Å². The van der Waals surface area contributed by atoms with Crippen molar-refractivity contribution in [1.82, 2.24) is 14.4 Å². The molecular weight excluding hydrogens is 168 g/mol. The summed E-state index contributed by atoms with van der Waals surface area (Å²) in [5.74, 6) is 0. The molecule has 1 atom stereocenters. The van der Waals surface area contributed by atoms with E-state index in [4.69, 9.17) is 10.8 Å². The van der Waals surface area contributed by atoms with E-state index < -0.39 is 6.04 Å². The first-order valence-electron chi connectivity index (χ1n) is 3.97. The lowest BCUT2D eigenvalue weighted by Crippen LogP contribution is -2.17. The summed E-state index contributed by atoms with van der Waals surface area (Å²) in [6, 6.07) is -0.467. The second-order valence-corrected chi connectivity index (χ2v) is 2.76. The van der Waals surface area contributed by atoms with E-state index in [1.165, 1.54) is 0 Å². The van der Waals surface area contributed by atoms with E-state index >= 15 is 0 Å². The second kappa shape index (κ2) is 3.12. The third kappa shape index (κ3) is 1.28. The molecule has 1 unspecified atom stereocenters. The average molecular weight is 178 g/mol. The Morgan fingerprint density at radius 2 is 2.08 bits per heavy atom. The summed E-state index contributed by atoms with van der Waals surface area (Å²) in [6.45, 7) is -0.125. The summed E-state index contributed by atoms with van der Waals surface area (Å²) >= 11 is 0. The number of hydrogen-bond acceptors (Lipinski definition) is 4. The molecule has 0 radical (unpaired) electrons. The largest absolute Gasteiger partial charge is 0.394 e. The number of nitrogens with zero attached hydrogens (tertiary/aromatic N) is 3. The molecule has 2 rings (SSSR count). The van der Waals surface area contributed by atoms with Crippen LogP contribution in [0.2, 0.25) is 0 Å². The Balaban J connectivity index is 2.60. The molecular formula is C8H10N4O. The third-order valence-corrected chi connectivity index (χ3v) is 1.89. The van der Waals surface area contributed by atoms with Gasteiger partial charge in [-0.3, -0.25) is 4.98 Å². The van der Waals surface area contributed by atoms with Gasteiger partial charge < -0.3 is 15.2 Å². The molecule has 68 valence electrons. The SMILES string of the molecule is NC(CO)c1nccn2ccnc12. The monoisotopic (exact) mass is 178 g/mol. The molecule has 2 heterocycles. The topological polar surface area (TPSA) is 76.4 Å². The van der Waals surface area contributed by atoms with E-state index in [0.717, 1.165) is 0 Å². The van der Waals surface area contributed by atoms with Gasteiger partial charge in [0.05, 0.1) is 12.6 Å². The molecule has 0 aliphatic heterocycles. The molecule has 0 fully saturated rings. The van der Waals surface area contributed by atoms with E-state index in [1.54, 1.807) is 18.6 Å². The van der Waals surface area contributed by atoms with E-state index in [-0.39, 0.29) is 6.61 Å². The zero-order chi connectivity index (χ0) is 9.26. The number of nitrogens with two attached hydrogens (primary N) is 1. The fourth-order valence-corrected chi connectivity index (χ4v) is 1.22. The number of rotatable bonds is 2. The van der Waals surface area contributed by atoms with Crippen LogP contribution in [0.1, 0.15) is 11.7 Å². The van der Waals surface area contributed by atoms with Gasteiger partial charge in [-0.05, 0) is 0 Å². The first-order chi connectivity index (χ1) is 6.33. The molecule has 2 aromatic rings. The smallest absolute Gasteiger partial charge is 0.160 e. The van der Waals surface area contributed by atoms with Crippen LogP contribution in [0, 0.1) is 0 Å². The van der Waals surface area contributed by atoms with Gasteiger partial charge >= 0.3 is 0 Å². The first-order valence-corrected chi connectivity index (χ1v) is 3.97. The summed E-state index contributed by atoms with van der Waals surface area (Å²) in [6.07, 6.45) is 6.91. The van der Waals surface area contributed by atoms with Gasteiger partial charge in [0.2, 0.25) is 0 Å². The lowest BCUT2D eigenvalue weighted by atomic mass is 10.2. The minimum Gasteiger partial charge on any atom is -0.394 e. The van der Waals surface area contributed by atoms with Crippen LogP contribution in [0.4, 0.5) is 0 Å². The van der Waals surface area contributed by atoms with Crippen LogP contribution in [0.25, 0.3) is 5.65 Å². The van der Waals surface area contributed by atoms with Crippen LogP contribution in [-0.2, 0) is 0 Å². The molecule has 0 aliphatic rings. The maximum absolute atomic E-state index is 8.88. The van der Waals surface area contributed by atoms with Crippen molar-refractivity contribution in [2.24, 2.45) is 5.73 Å². The molecule has 5 nitrogen and oxygen atoms in total. The molecule has 3 N–H and O–H groups in total. The average Bonchev–Trinajstić information content (AvgIpc) is 2.63. The van der Waals surface area contributed by atoms with Crippen molar-refractivity contribution in [3.05, 3.63) is 30.5 Å². The Bertz CT molecular complexity index is 411. The molecule has 0 spiro atoms. The molecule has 5 heteroatoms. The van der Waals surface area contributed by atoms with E-state index in [9.17, 15) is 0 Å². The summed E-state index contributed by atoms with van der Waals surface area (Å²) in [5.41, 5.74) is 6.97. The summed E-state index contributed by atoms with van der Waals surface area (Å²) in [7, 11) is 0. The number of fused-ring (bicyclic) bond motifs is 1. The van der Waals surface area contributed by atoms with Gasteiger partial charge in [-0.2, -0.15) is 0 Å². The highest BCUT2D eigenvalue weighted by Crippen LogP contribution is 2.11. The zero-order valence-corrected chi connectivity index (χ0v) is 6.96. The Morgan fingerprint density at radius 1 is 1.38 bits per heavy atom. The number of hydrogen-bond donors (Lipinski definition) is 2. The third-order valence-electron chi connectivity index (χ3n) is 1.89. The predicted octanol–water partition coefficient (Wildman–Crippen LogP) is -0.279. The first kappa shape index (κ1) is 8.15. The standard InChI is InChI=1S/C8H10N4O/c9-6(5-13)7-8-11-2-4-12(8)3-1-10-7/h1-4,6,13H,5,9H2. The van der Waals surface area contributed by atoms with E-state index in [1.807, 2.05) is 10.6 Å². The fraction of sp³-hybridized carbons (Fsp3) is 0.250. The van der Waals surface area contributed by atoms with Crippen LogP contribution in [0.15, 0.2) is 24.8 Å². The molecule has 13 heavy (non-hydrogen) atoms. The normalized spacial score (nSPS) is 13.4. The quantitative estimate of drug-likeness (QED) is 0.663. The fourth-order valence-electron chi connectivity index (χ4n) is 1.22. The summed E-state index contributed by atoms with van der Waals surface area (Å²) in [4.78, 5) is 8.18. The molecule has 0 saturated heterocycles. The Kier molecular flexibility index (Phi) is 1.96. The minimum absolute atomic E-state index is 0.125. The lowest BCUT2D eigenvalue weighted by Gasteiger charge is -2.07. The lowest BCUT2D eigenvalue weighted by molar-refractivity contribution is 0.266. The van der Waals surface area contributed by atoms with Crippen LogP contribution < -0.4 is 5.73 Å². The minimum atomic E-state index is -0.467. The molecule has 2 aromatic heterocycles. The Labute approximate surface area is 74.9 Å². The van der Waals surface area contributed by atoms with Gasteiger partial charge in [-0.25, -0.2) is 4.98 Å². The number of aliphatic hydroxyl groups is 1. The second-order valence-electron chi connectivity index (χ2n) is 2.76. The van der Waals surface area contributed by atoms with Crippen LogP contribution in [-0.4, -0.2) is 26.1 Å². The van der Waals surface area contributed by atoms with Gasteiger partial charge in [0, 0.05) is 24.8 Å². The van der Waals surface area contributed by atoms with Gasteiger partial charge in [0.25, 0.3) is 0 Å².